The fourth-order valence-electron chi connectivity index (χ4n) is 0.618. The van der Waals surface area contributed by atoms with Crippen molar-refractivity contribution >= 4 is 20.5 Å². The average molecular weight is 342 g/mol. The Balaban J connectivity index is -0.000000321. The molecule has 0 bridgehead atoms. The predicted octanol–water partition coefficient (Wildman–Crippen LogP) is -8.04. The summed E-state index contributed by atoms with van der Waals surface area (Å²) >= 11 is -4.38. The zero-order valence-corrected chi connectivity index (χ0v) is 13.8. The molecule has 11 heteroatoms. The maximum Gasteiger partial charge on any atom is 1.00 e. The van der Waals surface area contributed by atoms with E-state index in [0.29, 0.717) is 0 Å². The first-order valence-corrected chi connectivity index (χ1v) is 8.59. The topological polar surface area (TPSA) is 179 Å². The maximum absolute atomic E-state index is 9.90. The van der Waals surface area contributed by atoms with Gasteiger partial charge < -0.3 is 30.3 Å². The Hall–Kier alpha value is 0.748. The zero-order valence-electron chi connectivity index (χ0n) is 9.95. The molecule has 1 unspecified atom stereocenters. The average Bonchev–Trinajstić information content (AvgIpc) is 2.22. The Morgan fingerprint density at radius 1 is 1.22 bits per heavy atom. The number of rotatable bonds is 5. The van der Waals surface area contributed by atoms with Gasteiger partial charge in [-0.15, -0.1) is 0 Å². The van der Waals surface area contributed by atoms with E-state index in [4.69, 9.17) is 29.6 Å². The van der Waals surface area contributed by atoms with E-state index in [2.05, 4.69) is 0 Å². The molecule has 5 atom stereocenters. The van der Waals surface area contributed by atoms with E-state index in [1.54, 1.807) is 0 Å². The van der Waals surface area contributed by atoms with E-state index < -0.39 is 45.2 Å². The van der Waals surface area contributed by atoms with E-state index in [1.165, 1.54) is 0 Å². The zero-order chi connectivity index (χ0) is 14.2. The van der Waals surface area contributed by atoms with Crippen molar-refractivity contribution in [2.24, 2.45) is 0 Å². The Morgan fingerprint density at radius 2 is 1.56 bits per heavy atom. The van der Waals surface area contributed by atoms with Crippen LogP contribution in [0.3, 0.4) is 0 Å². The van der Waals surface area contributed by atoms with E-state index in [-0.39, 0.29) is 35.8 Å². The molecule has 9 nitrogen and oxygen atoms in total. The van der Waals surface area contributed by atoms with Crippen LogP contribution >= 0.6 is 0 Å². The van der Waals surface area contributed by atoms with Gasteiger partial charge in [-0.1, -0.05) is 0 Å². The molecule has 0 aliphatic carbocycles. The number of aldehydes is 1. The molecule has 0 spiro atoms. The summed E-state index contributed by atoms with van der Waals surface area (Å²) < 4.78 is 26.1. The van der Waals surface area contributed by atoms with Crippen molar-refractivity contribution < 1.29 is 71.8 Å². The maximum atomic E-state index is 9.90. The molecule has 0 aromatic heterocycles. The van der Waals surface area contributed by atoms with Crippen LogP contribution in [0.15, 0.2) is 0 Å². The van der Waals surface area contributed by atoms with Crippen molar-refractivity contribution in [1.29, 1.82) is 0 Å². The number of aliphatic hydroxyl groups excluding tert-OH is 5. The molecule has 0 radical (unpaired) electrons. The number of carbonyl (C=O) groups is 1. The molecule has 0 aromatic carbocycles. The van der Waals surface area contributed by atoms with Gasteiger partial charge in [-0.05, 0) is 0 Å². The summed E-state index contributed by atoms with van der Waals surface area (Å²) in [4.78, 5) is 9.90. The largest absolute Gasteiger partial charge is 1.00 e. The van der Waals surface area contributed by atoms with Crippen molar-refractivity contribution in [1.82, 2.24) is 0 Å². The molecule has 0 aliphatic heterocycles. The molecule has 0 heterocycles. The Kier molecular flexibility index (Phi) is 15.3. The van der Waals surface area contributed by atoms with Crippen LogP contribution in [0.1, 0.15) is 0 Å². The van der Waals surface area contributed by atoms with Gasteiger partial charge in [0.05, 0.1) is 6.61 Å². The summed E-state index contributed by atoms with van der Waals surface area (Å²) in [6.07, 6.45) is -6.84. The van der Waals surface area contributed by atoms with Gasteiger partial charge in [-0.3, -0.25) is 0 Å². The van der Waals surface area contributed by atoms with Gasteiger partial charge in [0, 0.05) is 0 Å². The third kappa shape index (κ3) is 14.8. The van der Waals surface area contributed by atoms with E-state index >= 15 is 0 Å². The van der Waals surface area contributed by atoms with Gasteiger partial charge in [0.25, 0.3) is 0 Å². The van der Waals surface area contributed by atoms with Crippen LogP contribution in [0.5, 0.6) is 0 Å². The predicted molar refractivity (Wildman–Crippen MR) is 51.7 cm³/mol. The standard InChI is InChI=1S/C6H12O6.CH5AsO3.Na/c7-1-3(9)5(11)6(12)4(10)2-8;1-2(3,4)5;/h1,3-6,8-12H,2H2;1H3,(H2,3,4,5);/q;;+1/p-1/t3-,4+,5+,6+;;/m0../s1. The second kappa shape index (κ2) is 11.6. The van der Waals surface area contributed by atoms with Crippen LogP contribution in [0, 0.1) is 0 Å². The number of hydrogen-bond acceptors (Lipinski definition) is 8. The summed E-state index contributed by atoms with van der Waals surface area (Å²) in [5, 5.41) is 43.5. The van der Waals surface area contributed by atoms with Gasteiger partial charge in [0.15, 0.2) is 6.29 Å². The quantitative estimate of drug-likeness (QED) is 0.209. The van der Waals surface area contributed by atoms with E-state index in [0.717, 1.165) is 5.71 Å². The van der Waals surface area contributed by atoms with Gasteiger partial charge in [0.2, 0.25) is 0 Å². The first-order chi connectivity index (χ1) is 7.54. The summed E-state index contributed by atoms with van der Waals surface area (Å²) in [6, 6.07) is 0. The van der Waals surface area contributed by atoms with Gasteiger partial charge in [0.1, 0.15) is 24.4 Å². The monoisotopic (exact) mass is 342 g/mol. The fourth-order valence-corrected chi connectivity index (χ4v) is 0.618. The van der Waals surface area contributed by atoms with Crippen molar-refractivity contribution in [3.8, 4) is 0 Å². The Labute approximate surface area is 128 Å². The molecule has 6 N–H and O–H groups in total. The van der Waals surface area contributed by atoms with E-state index in [9.17, 15) is 12.6 Å². The third-order valence-electron chi connectivity index (χ3n) is 1.42. The third-order valence-corrected chi connectivity index (χ3v) is 1.42. The molecular weight excluding hydrogens is 326 g/mol. The van der Waals surface area contributed by atoms with Crippen LogP contribution in [0.4, 0.5) is 0 Å². The number of hydrogen-bond donors (Lipinski definition) is 6. The molecule has 18 heavy (non-hydrogen) atoms. The second-order valence-electron chi connectivity index (χ2n) is 3.16. The number of aliphatic hydroxyl groups is 5. The number of carbonyl (C=O) groups excluding carboxylic acids is 1. The molecule has 104 valence electrons. The summed E-state index contributed by atoms with van der Waals surface area (Å²) in [7, 11) is 0. The van der Waals surface area contributed by atoms with Crippen molar-refractivity contribution in [3.05, 3.63) is 0 Å². The van der Waals surface area contributed by atoms with Crippen LogP contribution in [-0.4, -0.2) is 81.1 Å². The normalized spacial score (nSPS) is 20.0. The minimum atomic E-state index is -4.38. The molecule has 0 fully saturated rings. The molecule has 0 saturated heterocycles. The Morgan fingerprint density at radius 3 is 1.78 bits per heavy atom. The van der Waals surface area contributed by atoms with Gasteiger partial charge in [-0.2, -0.15) is 0 Å². The molecule has 0 rings (SSSR count). The minimum absolute atomic E-state index is 0. The van der Waals surface area contributed by atoms with Crippen molar-refractivity contribution in [3.63, 3.8) is 0 Å². The minimum Gasteiger partial charge on any atom is -0.394 e. The van der Waals surface area contributed by atoms with Gasteiger partial charge in [-0.25, -0.2) is 0 Å². The molecule has 0 saturated carbocycles. The SMILES string of the molecule is C[As](=O)([O-])O.O=C[C@H](O)[C@@H](O)[C@H](O)[C@H](O)CO.[Na+]. The van der Waals surface area contributed by atoms with Crippen molar-refractivity contribution in [2.45, 2.75) is 30.1 Å². The van der Waals surface area contributed by atoms with Crippen molar-refractivity contribution in [2.75, 3.05) is 6.61 Å². The van der Waals surface area contributed by atoms with Crippen LogP contribution in [-0.2, 0) is 8.53 Å². The molecular formula is C7H16AsNaO9. The summed E-state index contributed by atoms with van der Waals surface area (Å²) in [5.74, 6) is 0. The molecule has 0 amide bonds. The smallest absolute Gasteiger partial charge is 0.394 e. The fraction of sp³-hybridized carbons (Fsp3) is 0.857. The second-order valence-corrected chi connectivity index (χ2v) is 6.53. The van der Waals surface area contributed by atoms with Crippen LogP contribution in [0.25, 0.3) is 0 Å². The molecule has 0 aromatic rings. The summed E-state index contributed by atoms with van der Waals surface area (Å²) in [5.41, 5.74) is 0.804. The van der Waals surface area contributed by atoms with E-state index in [1.807, 2.05) is 0 Å². The molecule has 0 aliphatic rings. The summed E-state index contributed by atoms with van der Waals surface area (Å²) in [6.45, 7) is -0.760. The van der Waals surface area contributed by atoms with Crippen LogP contribution < -0.4 is 33.7 Å². The van der Waals surface area contributed by atoms with Gasteiger partial charge >= 0.3 is 61.4 Å². The Bertz CT molecular complexity index is 249. The van der Waals surface area contributed by atoms with Crippen LogP contribution in [0.2, 0.25) is 5.71 Å². The first-order valence-electron chi connectivity index (χ1n) is 4.34. The first kappa shape index (κ1) is 23.8.